The quantitative estimate of drug-likeness (QED) is 0.733. The summed E-state index contributed by atoms with van der Waals surface area (Å²) in [5.41, 5.74) is 2.10. The predicted molar refractivity (Wildman–Crippen MR) is 101 cm³/mol. The number of methoxy groups -OCH3 is 1. The van der Waals surface area contributed by atoms with Gasteiger partial charge in [-0.15, -0.1) is 11.8 Å². The van der Waals surface area contributed by atoms with Gasteiger partial charge in [-0.05, 0) is 39.0 Å². The average molecular weight is 364 g/mol. The maximum Gasteiger partial charge on any atom is 0.233 e. The van der Waals surface area contributed by atoms with Gasteiger partial charge in [-0.2, -0.15) is 0 Å². The molecule has 0 fully saturated rings. The van der Waals surface area contributed by atoms with Crippen molar-refractivity contribution in [3.8, 4) is 5.75 Å². The molecule has 5 heteroatoms. The molecule has 0 bridgehead atoms. The summed E-state index contributed by atoms with van der Waals surface area (Å²) >= 11 is 7.62. The number of rotatable bonds is 6. The van der Waals surface area contributed by atoms with Crippen LogP contribution in [-0.4, -0.2) is 18.3 Å². The SMILES string of the molecule is COc1ccc(C)cc1C(C)NC(=O)C(C)Sc1ccccc1Cl. The molecule has 0 radical (unpaired) electrons. The molecule has 0 aliphatic carbocycles. The van der Waals surface area contributed by atoms with Crippen molar-refractivity contribution >= 4 is 29.3 Å². The van der Waals surface area contributed by atoms with Crippen molar-refractivity contribution in [3.63, 3.8) is 0 Å². The van der Waals surface area contributed by atoms with E-state index in [0.29, 0.717) is 5.02 Å². The minimum Gasteiger partial charge on any atom is -0.496 e. The van der Waals surface area contributed by atoms with Crippen molar-refractivity contribution in [2.24, 2.45) is 0 Å². The van der Waals surface area contributed by atoms with Crippen molar-refractivity contribution in [1.82, 2.24) is 5.32 Å². The highest BCUT2D eigenvalue weighted by Gasteiger charge is 2.20. The van der Waals surface area contributed by atoms with Gasteiger partial charge >= 0.3 is 0 Å². The van der Waals surface area contributed by atoms with E-state index >= 15 is 0 Å². The summed E-state index contributed by atoms with van der Waals surface area (Å²) in [4.78, 5) is 13.4. The number of aryl methyl sites for hydroxylation is 1. The first kappa shape index (κ1) is 18.7. The van der Waals surface area contributed by atoms with Crippen LogP contribution in [0.25, 0.3) is 0 Å². The lowest BCUT2D eigenvalue weighted by molar-refractivity contribution is -0.120. The molecule has 1 N–H and O–H groups in total. The van der Waals surface area contributed by atoms with Gasteiger partial charge in [0.1, 0.15) is 5.75 Å². The summed E-state index contributed by atoms with van der Waals surface area (Å²) in [5.74, 6) is 0.746. The molecule has 1 amide bonds. The molecule has 24 heavy (non-hydrogen) atoms. The number of halogens is 1. The van der Waals surface area contributed by atoms with Crippen LogP contribution in [0, 0.1) is 6.92 Å². The fourth-order valence-corrected chi connectivity index (χ4v) is 3.55. The van der Waals surface area contributed by atoms with Crippen LogP contribution in [0.2, 0.25) is 5.02 Å². The minimum atomic E-state index is -0.247. The molecule has 2 aromatic rings. The number of amides is 1. The van der Waals surface area contributed by atoms with E-state index in [9.17, 15) is 4.79 Å². The molecule has 0 aliphatic heterocycles. The van der Waals surface area contributed by atoms with E-state index in [1.54, 1.807) is 7.11 Å². The van der Waals surface area contributed by atoms with Gasteiger partial charge in [0.05, 0.1) is 23.4 Å². The molecule has 0 aliphatic rings. The Hall–Kier alpha value is -1.65. The fraction of sp³-hybridized carbons (Fsp3) is 0.316. The molecular formula is C19H22ClNO2S. The Labute approximate surface area is 152 Å². The predicted octanol–water partition coefficient (Wildman–Crippen LogP) is 5.02. The maximum atomic E-state index is 12.5. The van der Waals surface area contributed by atoms with Crippen molar-refractivity contribution in [3.05, 3.63) is 58.6 Å². The monoisotopic (exact) mass is 363 g/mol. The van der Waals surface area contributed by atoms with Crippen molar-refractivity contribution in [2.75, 3.05) is 7.11 Å². The van der Waals surface area contributed by atoms with Crippen molar-refractivity contribution in [2.45, 2.75) is 37.0 Å². The zero-order valence-electron chi connectivity index (χ0n) is 14.3. The van der Waals surface area contributed by atoms with E-state index in [-0.39, 0.29) is 17.2 Å². The van der Waals surface area contributed by atoms with Gasteiger partial charge in [-0.25, -0.2) is 0 Å². The van der Waals surface area contributed by atoms with Gasteiger partial charge in [0.15, 0.2) is 0 Å². The van der Waals surface area contributed by atoms with E-state index in [4.69, 9.17) is 16.3 Å². The van der Waals surface area contributed by atoms with Crippen LogP contribution in [0.3, 0.4) is 0 Å². The normalized spacial score (nSPS) is 13.2. The molecule has 2 aromatic carbocycles. The van der Waals surface area contributed by atoms with Crippen LogP contribution in [0.1, 0.15) is 31.0 Å². The number of carbonyl (C=O) groups excluding carboxylic acids is 1. The van der Waals surface area contributed by atoms with E-state index in [1.807, 2.05) is 63.2 Å². The fourth-order valence-electron chi connectivity index (χ4n) is 2.38. The standard InChI is InChI=1S/C19H22ClNO2S/c1-12-9-10-17(23-4)15(11-12)13(2)21-19(22)14(3)24-18-8-6-5-7-16(18)20/h5-11,13-14H,1-4H3,(H,21,22). The summed E-state index contributed by atoms with van der Waals surface area (Å²) in [7, 11) is 1.64. The van der Waals surface area contributed by atoms with Gasteiger partial charge in [0, 0.05) is 10.5 Å². The lowest BCUT2D eigenvalue weighted by atomic mass is 10.0. The largest absolute Gasteiger partial charge is 0.496 e. The second-order valence-corrected chi connectivity index (χ2v) is 7.46. The molecular weight excluding hydrogens is 342 g/mol. The molecule has 0 spiro atoms. The van der Waals surface area contributed by atoms with Gasteiger partial charge in [-0.1, -0.05) is 41.4 Å². The van der Waals surface area contributed by atoms with Crippen LogP contribution < -0.4 is 10.1 Å². The van der Waals surface area contributed by atoms with E-state index < -0.39 is 0 Å². The van der Waals surface area contributed by atoms with Crippen LogP contribution in [0.5, 0.6) is 5.75 Å². The summed E-state index contributed by atoms with van der Waals surface area (Å²) in [5, 5.41) is 3.47. The molecule has 0 saturated carbocycles. The highest BCUT2D eigenvalue weighted by molar-refractivity contribution is 8.00. The second kappa shape index (κ2) is 8.45. The molecule has 0 saturated heterocycles. The third-order valence-electron chi connectivity index (χ3n) is 3.72. The zero-order valence-corrected chi connectivity index (χ0v) is 15.9. The lowest BCUT2D eigenvalue weighted by Gasteiger charge is -2.20. The first-order chi connectivity index (χ1) is 11.4. The summed E-state index contributed by atoms with van der Waals surface area (Å²) in [6, 6.07) is 13.4. The number of hydrogen-bond donors (Lipinski definition) is 1. The Morgan fingerprint density at radius 1 is 1.21 bits per heavy atom. The maximum absolute atomic E-state index is 12.5. The number of benzene rings is 2. The first-order valence-electron chi connectivity index (χ1n) is 7.78. The van der Waals surface area contributed by atoms with Crippen LogP contribution in [0.4, 0.5) is 0 Å². The number of nitrogens with one attached hydrogen (secondary N) is 1. The van der Waals surface area contributed by atoms with Gasteiger partial charge in [0.25, 0.3) is 0 Å². The molecule has 0 heterocycles. The minimum absolute atomic E-state index is 0.0315. The molecule has 128 valence electrons. The van der Waals surface area contributed by atoms with Crippen LogP contribution >= 0.6 is 23.4 Å². The Bertz CT molecular complexity index is 720. The van der Waals surface area contributed by atoms with Gasteiger partial charge < -0.3 is 10.1 Å². The highest BCUT2D eigenvalue weighted by atomic mass is 35.5. The Morgan fingerprint density at radius 3 is 2.58 bits per heavy atom. The summed E-state index contributed by atoms with van der Waals surface area (Å²) in [6.45, 7) is 5.86. The summed E-state index contributed by atoms with van der Waals surface area (Å²) < 4.78 is 5.40. The van der Waals surface area contributed by atoms with Crippen molar-refractivity contribution < 1.29 is 9.53 Å². The molecule has 2 rings (SSSR count). The smallest absolute Gasteiger partial charge is 0.233 e. The summed E-state index contributed by atoms with van der Waals surface area (Å²) in [6.07, 6.45) is 0. The highest BCUT2D eigenvalue weighted by Crippen LogP contribution is 2.31. The average Bonchev–Trinajstić information content (AvgIpc) is 2.56. The Balaban J connectivity index is 2.06. The van der Waals surface area contributed by atoms with Crippen LogP contribution in [0.15, 0.2) is 47.4 Å². The molecule has 2 unspecified atom stereocenters. The molecule has 0 aromatic heterocycles. The third kappa shape index (κ3) is 4.68. The Kier molecular flexibility index (Phi) is 6.58. The molecule has 2 atom stereocenters. The zero-order chi connectivity index (χ0) is 17.7. The number of hydrogen-bond acceptors (Lipinski definition) is 3. The lowest BCUT2D eigenvalue weighted by Crippen LogP contribution is -2.33. The number of thioether (sulfide) groups is 1. The Morgan fingerprint density at radius 2 is 1.92 bits per heavy atom. The van der Waals surface area contributed by atoms with E-state index in [2.05, 4.69) is 5.32 Å². The number of carbonyl (C=O) groups is 1. The third-order valence-corrected chi connectivity index (χ3v) is 5.34. The van der Waals surface area contributed by atoms with Crippen molar-refractivity contribution in [1.29, 1.82) is 0 Å². The topological polar surface area (TPSA) is 38.3 Å². The van der Waals surface area contributed by atoms with Crippen LogP contribution in [-0.2, 0) is 4.79 Å². The van der Waals surface area contributed by atoms with Gasteiger partial charge in [0.2, 0.25) is 5.91 Å². The van der Waals surface area contributed by atoms with E-state index in [1.165, 1.54) is 11.8 Å². The molecule has 3 nitrogen and oxygen atoms in total. The first-order valence-corrected chi connectivity index (χ1v) is 9.04. The second-order valence-electron chi connectivity index (χ2n) is 5.67. The van der Waals surface area contributed by atoms with Gasteiger partial charge in [-0.3, -0.25) is 4.79 Å². The number of ether oxygens (including phenoxy) is 1. The van der Waals surface area contributed by atoms with E-state index in [0.717, 1.165) is 21.8 Å².